The Hall–Kier alpha value is -3.42. The van der Waals surface area contributed by atoms with Gasteiger partial charge in [0.2, 0.25) is 17.9 Å². The van der Waals surface area contributed by atoms with Gasteiger partial charge in [-0.2, -0.15) is 0 Å². The van der Waals surface area contributed by atoms with E-state index < -0.39 is 36.2 Å². The molecule has 3 aliphatic rings. The molecule has 0 radical (unpaired) electrons. The van der Waals surface area contributed by atoms with Gasteiger partial charge in [0.05, 0.1) is 18.7 Å². The zero-order valence-corrected chi connectivity index (χ0v) is 27.3. The lowest BCUT2D eigenvalue weighted by Crippen LogP contribution is -2.70. The molecular formula is C26H35N9O7S3. The van der Waals surface area contributed by atoms with Crippen LogP contribution in [0.3, 0.4) is 0 Å². The molecule has 0 aromatic carbocycles. The fourth-order valence-corrected chi connectivity index (χ4v) is 7.97. The van der Waals surface area contributed by atoms with Gasteiger partial charge in [-0.25, -0.2) is 19.3 Å². The van der Waals surface area contributed by atoms with E-state index in [1.54, 1.807) is 10.1 Å². The van der Waals surface area contributed by atoms with Crippen LogP contribution in [0.25, 0.3) is 0 Å². The number of carbonyl (C=O) groups is 4. The van der Waals surface area contributed by atoms with Crippen LogP contribution in [0.2, 0.25) is 0 Å². The van der Waals surface area contributed by atoms with E-state index in [1.165, 1.54) is 39.8 Å². The van der Waals surface area contributed by atoms with Crippen LogP contribution in [0.1, 0.15) is 37.8 Å². The smallest absolute Gasteiger partial charge is 0.431 e. The second kappa shape index (κ2) is 15.2. The second-order valence-electron chi connectivity index (χ2n) is 10.9. The highest BCUT2D eigenvalue weighted by Gasteiger charge is 2.54. The summed E-state index contributed by atoms with van der Waals surface area (Å²) < 4.78 is 17.3. The highest BCUT2D eigenvalue weighted by Crippen LogP contribution is 2.42. The van der Waals surface area contributed by atoms with Gasteiger partial charge in [-0.05, 0) is 55.8 Å². The lowest BCUT2D eigenvalue weighted by molar-refractivity contribution is -0.158. The molecule has 2 fully saturated rings. The van der Waals surface area contributed by atoms with Crippen molar-refractivity contribution in [3.05, 3.63) is 22.3 Å². The number of esters is 1. The van der Waals surface area contributed by atoms with Crippen molar-refractivity contribution in [1.29, 1.82) is 0 Å². The highest BCUT2D eigenvalue weighted by molar-refractivity contribution is 8.01. The third-order valence-electron chi connectivity index (χ3n) is 7.28. The molecule has 0 spiro atoms. The van der Waals surface area contributed by atoms with Crippen LogP contribution >= 0.6 is 34.9 Å². The van der Waals surface area contributed by atoms with Crippen molar-refractivity contribution in [2.24, 2.45) is 0 Å². The van der Waals surface area contributed by atoms with E-state index in [0.717, 1.165) is 38.6 Å². The molecule has 1 aliphatic carbocycles. The molecule has 2 aliphatic heterocycles. The number of fused-ring (bicyclic) bond motifs is 1. The van der Waals surface area contributed by atoms with Gasteiger partial charge in [0.25, 0.3) is 5.91 Å². The van der Waals surface area contributed by atoms with Crippen molar-refractivity contribution in [1.82, 2.24) is 40.3 Å². The number of ether oxygens (including phenoxy) is 3. The van der Waals surface area contributed by atoms with Crippen molar-refractivity contribution < 1.29 is 33.4 Å². The van der Waals surface area contributed by atoms with Crippen LogP contribution in [0.4, 0.5) is 9.93 Å². The van der Waals surface area contributed by atoms with Crippen molar-refractivity contribution in [2.45, 2.75) is 67.7 Å². The topological polar surface area (TPSA) is 197 Å². The largest absolute Gasteiger partial charge is 0.511 e. The normalized spacial score (nSPS) is 20.1. The number of nitrogens with zero attached hydrogens (tertiary/aromatic N) is 7. The number of thiazole rings is 1. The van der Waals surface area contributed by atoms with Crippen molar-refractivity contribution in [2.75, 3.05) is 44.7 Å². The van der Waals surface area contributed by atoms with Gasteiger partial charge < -0.3 is 30.2 Å². The minimum Gasteiger partial charge on any atom is -0.431 e. The molecule has 16 nitrogen and oxygen atoms in total. The number of rotatable bonds is 13. The number of thioether (sulfide) groups is 2. The number of nitrogens with one attached hydrogen (secondary N) is 1. The molecular weight excluding hydrogens is 647 g/mol. The molecule has 5 rings (SSSR count). The summed E-state index contributed by atoms with van der Waals surface area (Å²) in [4.78, 5) is 59.0. The standard InChI is InChI=1S/C26H35N9O7S3/c1-33(2)8-9-34-25(30-31-32-34)45-12-15-11-43-22-19(29-18(36)10-16-13-44-24(27)28-16)21(37)35(22)20(15)23(38)40-14-41-26(39)42-17-6-4-3-5-7-17/h13,17,19,22H,3-12,14H2,1-2H3,(H2,27,28)(H,29,36)/t19-,22+/m1/s1. The predicted octanol–water partition coefficient (Wildman–Crippen LogP) is 1.25. The van der Waals surface area contributed by atoms with Crippen LogP contribution < -0.4 is 11.1 Å². The fourth-order valence-electron chi connectivity index (χ4n) is 5.01. The summed E-state index contributed by atoms with van der Waals surface area (Å²) in [6.45, 7) is 0.625. The van der Waals surface area contributed by atoms with Gasteiger partial charge >= 0.3 is 12.1 Å². The number of hydrogen-bond acceptors (Lipinski definition) is 16. The first kappa shape index (κ1) is 33.0. The Balaban J connectivity index is 1.25. The van der Waals surface area contributed by atoms with E-state index in [1.807, 2.05) is 19.0 Å². The van der Waals surface area contributed by atoms with Crippen LogP contribution in [-0.2, 0) is 41.6 Å². The lowest BCUT2D eigenvalue weighted by Gasteiger charge is -2.49. The maximum Gasteiger partial charge on any atom is 0.511 e. The molecule has 0 bridgehead atoms. The minimum absolute atomic E-state index is 0.0294. The number of carbonyl (C=O) groups excluding carboxylic acids is 4. The van der Waals surface area contributed by atoms with Crippen LogP contribution in [0.15, 0.2) is 21.8 Å². The summed E-state index contributed by atoms with van der Waals surface area (Å²) in [5.74, 6) is -0.998. The fraction of sp³-hybridized carbons (Fsp3) is 0.615. The molecule has 4 heterocycles. The average molecular weight is 682 g/mol. The zero-order valence-electron chi connectivity index (χ0n) is 24.9. The molecule has 19 heteroatoms. The maximum absolute atomic E-state index is 13.4. The molecule has 3 N–H and O–H groups in total. The second-order valence-corrected chi connectivity index (χ2v) is 13.8. The highest BCUT2D eigenvalue weighted by atomic mass is 32.2. The van der Waals surface area contributed by atoms with Crippen molar-refractivity contribution >= 4 is 63.9 Å². The molecule has 2 aromatic heterocycles. The average Bonchev–Trinajstić information content (AvgIpc) is 3.65. The molecule has 2 aromatic rings. The Bertz CT molecular complexity index is 1430. The van der Waals surface area contributed by atoms with E-state index in [2.05, 4.69) is 25.8 Å². The van der Waals surface area contributed by atoms with E-state index >= 15 is 0 Å². The Kier molecular flexibility index (Phi) is 11.2. The number of nitrogens with two attached hydrogens (primary N) is 1. The van der Waals surface area contributed by atoms with Gasteiger partial charge in [-0.3, -0.25) is 14.5 Å². The molecule has 1 saturated heterocycles. The minimum atomic E-state index is -0.911. The number of amides is 2. The monoisotopic (exact) mass is 681 g/mol. The first-order chi connectivity index (χ1) is 21.7. The van der Waals surface area contributed by atoms with Crippen LogP contribution in [-0.4, -0.2) is 115 Å². The predicted molar refractivity (Wildman–Crippen MR) is 165 cm³/mol. The van der Waals surface area contributed by atoms with E-state index in [-0.39, 0.29) is 24.1 Å². The van der Waals surface area contributed by atoms with Crippen molar-refractivity contribution in [3.63, 3.8) is 0 Å². The summed E-state index contributed by atoms with van der Waals surface area (Å²) in [6.07, 6.45) is 3.45. The van der Waals surface area contributed by atoms with Gasteiger partial charge in [0.15, 0.2) is 5.13 Å². The van der Waals surface area contributed by atoms with Gasteiger partial charge in [0.1, 0.15) is 23.2 Å². The maximum atomic E-state index is 13.4. The quantitative estimate of drug-likeness (QED) is 0.132. The van der Waals surface area contributed by atoms with Gasteiger partial charge in [0, 0.05) is 23.4 Å². The Morgan fingerprint density at radius 2 is 2.00 bits per heavy atom. The third kappa shape index (κ3) is 8.44. The Morgan fingerprint density at radius 1 is 1.20 bits per heavy atom. The molecule has 244 valence electrons. The summed E-state index contributed by atoms with van der Waals surface area (Å²) in [5, 5.41) is 16.7. The number of likely N-dealkylation sites (N-methyl/N-ethyl adjacent to an activating group) is 1. The number of tetrazole rings is 1. The molecule has 2 atom stereocenters. The van der Waals surface area contributed by atoms with Gasteiger partial charge in [-0.15, -0.1) is 28.2 Å². The van der Waals surface area contributed by atoms with E-state index in [0.29, 0.717) is 39.6 Å². The van der Waals surface area contributed by atoms with Gasteiger partial charge in [-0.1, -0.05) is 18.2 Å². The van der Waals surface area contributed by atoms with Crippen LogP contribution in [0, 0.1) is 0 Å². The Labute approximate surface area is 271 Å². The Morgan fingerprint density at radius 3 is 2.73 bits per heavy atom. The summed E-state index contributed by atoms with van der Waals surface area (Å²) in [7, 11) is 3.90. The molecule has 45 heavy (non-hydrogen) atoms. The third-order valence-corrected chi connectivity index (χ3v) is 10.4. The summed E-state index contributed by atoms with van der Waals surface area (Å²) in [6, 6.07) is -0.837. The van der Waals surface area contributed by atoms with Crippen LogP contribution in [0.5, 0.6) is 0 Å². The molecule has 0 unspecified atom stereocenters. The molecule has 2 amide bonds. The van der Waals surface area contributed by atoms with E-state index in [4.69, 9.17) is 19.9 Å². The van der Waals surface area contributed by atoms with Crippen molar-refractivity contribution in [3.8, 4) is 0 Å². The number of nitrogen functional groups attached to an aromatic ring is 1. The van der Waals surface area contributed by atoms with E-state index in [9.17, 15) is 19.2 Å². The summed E-state index contributed by atoms with van der Waals surface area (Å²) >= 11 is 3.97. The summed E-state index contributed by atoms with van der Waals surface area (Å²) in [5.41, 5.74) is 6.83. The SMILES string of the molecule is CN(C)CCn1nnnc1SCC1=C(C(=O)OCOC(=O)OC2CCCCC2)N2C(=O)[C@@H](NC(=O)Cc3csc(N)n3)[C@@H]2SC1. The number of β-lactam (4-membered cyclic amide) rings is 1. The lowest BCUT2D eigenvalue weighted by atomic mass is 9.98. The zero-order chi connectivity index (χ0) is 31.9. The first-order valence-electron chi connectivity index (χ1n) is 14.4. The molecule has 1 saturated carbocycles. The number of anilines is 1. The first-order valence-corrected chi connectivity index (χ1v) is 17.3. The number of hydrogen-bond donors (Lipinski definition) is 2. The number of aromatic nitrogens is 5.